The molecule has 1 heterocycles. The fraction of sp³-hybridized carbons (Fsp3) is 0.385. The van der Waals surface area contributed by atoms with E-state index in [2.05, 4.69) is 15.5 Å². The summed E-state index contributed by atoms with van der Waals surface area (Å²) in [6.45, 7) is 3.55. The number of nitrogens with one attached hydrogen (secondary N) is 1. The van der Waals surface area contributed by atoms with Gasteiger partial charge in [-0.25, -0.2) is 0 Å². The van der Waals surface area contributed by atoms with Gasteiger partial charge < -0.3 is 14.6 Å². The fourth-order valence-electron chi connectivity index (χ4n) is 1.68. The highest BCUT2D eigenvalue weighted by Crippen LogP contribution is 2.20. The Bertz CT molecular complexity index is 496. The molecule has 0 saturated heterocycles. The molecule has 0 bridgehead atoms. The summed E-state index contributed by atoms with van der Waals surface area (Å²) < 4.78 is 10.5. The van der Waals surface area contributed by atoms with Crippen LogP contribution in [-0.2, 0) is 13.0 Å². The predicted octanol–water partition coefficient (Wildman–Crippen LogP) is 1.78. The number of rotatable bonds is 6. The molecule has 0 aliphatic heterocycles. The van der Waals surface area contributed by atoms with Gasteiger partial charge in [0.1, 0.15) is 5.75 Å². The van der Waals surface area contributed by atoms with Gasteiger partial charge in [0.25, 0.3) is 0 Å². The van der Waals surface area contributed by atoms with Crippen molar-refractivity contribution < 1.29 is 9.26 Å². The van der Waals surface area contributed by atoms with Crippen LogP contribution in [0.4, 0.5) is 0 Å². The smallest absolute Gasteiger partial charge is 0.231 e. The molecule has 1 aromatic heterocycles. The van der Waals surface area contributed by atoms with Crippen LogP contribution in [-0.4, -0.2) is 23.8 Å². The molecule has 96 valence electrons. The predicted molar refractivity (Wildman–Crippen MR) is 67.5 cm³/mol. The molecule has 0 unspecified atom stereocenters. The van der Waals surface area contributed by atoms with Crippen molar-refractivity contribution in [3.8, 4) is 5.75 Å². The van der Waals surface area contributed by atoms with Crippen molar-refractivity contribution in [3.63, 3.8) is 0 Å². The lowest BCUT2D eigenvalue weighted by Crippen LogP contribution is -2.12. The van der Waals surface area contributed by atoms with Gasteiger partial charge in [-0.3, -0.25) is 0 Å². The average molecular weight is 247 g/mol. The monoisotopic (exact) mass is 247 g/mol. The minimum Gasteiger partial charge on any atom is -0.496 e. The van der Waals surface area contributed by atoms with Gasteiger partial charge in [-0.1, -0.05) is 30.3 Å². The van der Waals surface area contributed by atoms with E-state index in [9.17, 15) is 0 Å². The first-order valence-corrected chi connectivity index (χ1v) is 5.97. The van der Waals surface area contributed by atoms with Gasteiger partial charge >= 0.3 is 0 Å². The number of hydrogen-bond acceptors (Lipinski definition) is 5. The topological polar surface area (TPSA) is 60.2 Å². The van der Waals surface area contributed by atoms with Gasteiger partial charge in [0.2, 0.25) is 5.89 Å². The Morgan fingerprint density at radius 3 is 2.94 bits per heavy atom. The summed E-state index contributed by atoms with van der Waals surface area (Å²) in [5.74, 6) is 2.12. The standard InChI is InChI=1S/C13H17N3O2/c1-3-14-9-12-15-13(18-16-12)8-10-6-4-5-7-11(10)17-2/h4-7,14H,3,8-9H2,1-2H3. The van der Waals surface area contributed by atoms with E-state index in [1.807, 2.05) is 31.2 Å². The van der Waals surface area contributed by atoms with E-state index in [1.54, 1.807) is 7.11 Å². The SMILES string of the molecule is CCNCc1noc(Cc2ccccc2OC)n1. The number of nitrogens with zero attached hydrogens (tertiary/aromatic N) is 2. The molecule has 0 radical (unpaired) electrons. The molecule has 5 nitrogen and oxygen atoms in total. The molecule has 0 aliphatic rings. The van der Waals surface area contributed by atoms with Crippen LogP contribution in [0.5, 0.6) is 5.75 Å². The highest BCUT2D eigenvalue weighted by molar-refractivity contribution is 5.34. The van der Waals surface area contributed by atoms with Crippen LogP contribution in [0, 0.1) is 0 Å². The van der Waals surface area contributed by atoms with Crippen molar-refractivity contribution in [1.29, 1.82) is 0 Å². The van der Waals surface area contributed by atoms with Gasteiger partial charge in [-0.2, -0.15) is 4.98 Å². The molecule has 18 heavy (non-hydrogen) atoms. The van der Waals surface area contributed by atoms with Crippen LogP contribution in [0.15, 0.2) is 28.8 Å². The minimum absolute atomic E-state index is 0.586. The Hall–Kier alpha value is -1.88. The van der Waals surface area contributed by atoms with Crippen LogP contribution in [0.25, 0.3) is 0 Å². The summed E-state index contributed by atoms with van der Waals surface area (Å²) >= 11 is 0. The summed E-state index contributed by atoms with van der Waals surface area (Å²) in [7, 11) is 1.66. The van der Waals surface area contributed by atoms with Gasteiger partial charge in [0, 0.05) is 5.56 Å². The molecule has 0 saturated carbocycles. The second-order valence-electron chi connectivity index (χ2n) is 3.87. The van der Waals surface area contributed by atoms with Crippen LogP contribution >= 0.6 is 0 Å². The Kier molecular flexibility index (Phi) is 4.30. The third kappa shape index (κ3) is 3.07. The van der Waals surface area contributed by atoms with E-state index in [0.29, 0.717) is 24.7 Å². The van der Waals surface area contributed by atoms with E-state index >= 15 is 0 Å². The van der Waals surface area contributed by atoms with Crippen LogP contribution in [0.3, 0.4) is 0 Å². The second-order valence-corrected chi connectivity index (χ2v) is 3.87. The molecule has 1 aromatic carbocycles. The van der Waals surface area contributed by atoms with Crippen LogP contribution in [0.1, 0.15) is 24.2 Å². The number of hydrogen-bond donors (Lipinski definition) is 1. The van der Waals surface area contributed by atoms with Gasteiger partial charge in [-0.05, 0) is 12.6 Å². The molecule has 0 spiro atoms. The van der Waals surface area contributed by atoms with Crippen LogP contribution in [0.2, 0.25) is 0 Å². The molecule has 5 heteroatoms. The van der Waals surface area contributed by atoms with E-state index < -0.39 is 0 Å². The van der Waals surface area contributed by atoms with Gasteiger partial charge in [-0.15, -0.1) is 0 Å². The van der Waals surface area contributed by atoms with Gasteiger partial charge in [0.15, 0.2) is 5.82 Å². The summed E-state index contributed by atoms with van der Waals surface area (Å²) in [5, 5.41) is 7.07. The maximum Gasteiger partial charge on any atom is 0.231 e. The molecule has 1 N–H and O–H groups in total. The van der Waals surface area contributed by atoms with Crippen LogP contribution < -0.4 is 10.1 Å². The fourth-order valence-corrected chi connectivity index (χ4v) is 1.68. The summed E-state index contributed by atoms with van der Waals surface area (Å²) in [4.78, 5) is 4.32. The Balaban J connectivity index is 2.06. The van der Waals surface area contributed by atoms with Crippen molar-refractivity contribution in [1.82, 2.24) is 15.5 Å². The minimum atomic E-state index is 0.586. The number of aromatic nitrogens is 2. The number of para-hydroxylation sites is 1. The second kappa shape index (κ2) is 6.16. The lowest BCUT2D eigenvalue weighted by molar-refractivity contribution is 0.373. The first kappa shape index (κ1) is 12.6. The highest BCUT2D eigenvalue weighted by atomic mass is 16.5. The first-order chi connectivity index (χ1) is 8.83. The van der Waals surface area contributed by atoms with Gasteiger partial charge in [0.05, 0.1) is 20.1 Å². The third-order valence-corrected chi connectivity index (χ3v) is 2.58. The molecule has 0 fully saturated rings. The maximum atomic E-state index is 5.29. The summed E-state index contributed by atoms with van der Waals surface area (Å²) in [5.41, 5.74) is 1.04. The first-order valence-electron chi connectivity index (χ1n) is 5.97. The average Bonchev–Trinajstić information content (AvgIpc) is 2.84. The number of ether oxygens (including phenoxy) is 1. The van der Waals surface area contributed by atoms with Crippen molar-refractivity contribution in [3.05, 3.63) is 41.5 Å². The maximum absolute atomic E-state index is 5.29. The Labute approximate surface area is 106 Å². The summed E-state index contributed by atoms with van der Waals surface area (Å²) in [6.07, 6.45) is 0.586. The third-order valence-electron chi connectivity index (χ3n) is 2.58. The molecular formula is C13H17N3O2. The molecule has 0 amide bonds. The molecule has 2 aromatic rings. The molecule has 2 rings (SSSR count). The zero-order valence-electron chi connectivity index (χ0n) is 10.6. The Morgan fingerprint density at radius 1 is 1.33 bits per heavy atom. The molecule has 0 atom stereocenters. The summed E-state index contributed by atoms with van der Waals surface area (Å²) in [6, 6.07) is 7.82. The normalized spacial score (nSPS) is 10.6. The lowest BCUT2D eigenvalue weighted by Gasteiger charge is -2.04. The van der Waals surface area contributed by atoms with E-state index in [0.717, 1.165) is 17.9 Å². The largest absolute Gasteiger partial charge is 0.496 e. The van der Waals surface area contributed by atoms with Crippen molar-refractivity contribution >= 4 is 0 Å². The Morgan fingerprint density at radius 2 is 2.17 bits per heavy atom. The quantitative estimate of drug-likeness (QED) is 0.843. The van der Waals surface area contributed by atoms with E-state index in [4.69, 9.17) is 9.26 Å². The lowest BCUT2D eigenvalue weighted by atomic mass is 10.1. The highest BCUT2D eigenvalue weighted by Gasteiger charge is 2.09. The van der Waals surface area contributed by atoms with Crippen molar-refractivity contribution in [2.75, 3.05) is 13.7 Å². The molecular weight excluding hydrogens is 230 g/mol. The molecule has 0 aliphatic carbocycles. The van der Waals surface area contributed by atoms with Crippen molar-refractivity contribution in [2.45, 2.75) is 19.9 Å². The zero-order chi connectivity index (χ0) is 12.8. The van der Waals surface area contributed by atoms with Crippen molar-refractivity contribution in [2.24, 2.45) is 0 Å². The van der Waals surface area contributed by atoms with E-state index in [1.165, 1.54) is 0 Å². The zero-order valence-corrected chi connectivity index (χ0v) is 10.6. The number of methoxy groups -OCH3 is 1. The van der Waals surface area contributed by atoms with E-state index in [-0.39, 0.29) is 0 Å². The number of benzene rings is 1.